The third-order valence-electron chi connectivity index (χ3n) is 2.96. The van der Waals surface area contributed by atoms with Crippen molar-refractivity contribution < 1.29 is 9.59 Å². The summed E-state index contributed by atoms with van der Waals surface area (Å²) in [7, 11) is 0. The van der Waals surface area contributed by atoms with Crippen LogP contribution in [0.2, 0.25) is 0 Å². The van der Waals surface area contributed by atoms with E-state index in [0.29, 0.717) is 25.8 Å². The SMILES string of the molecule is CCCC1(CCC)C(=O)CCNC1=O. The monoisotopic (exact) mass is 197 g/mol. The maximum atomic E-state index is 11.8. The van der Waals surface area contributed by atoms with E-state index in [4.69, 9.17) is 0 Å². The number of carbonyl (C=O) groups is 2. The fourth-order valence-electron chi connectivity index (χ4n) is 2.31. The van der Waals surface area contributed by atoms with E-state index in [1.54, 1.807) is 0 Å². The zero-order chi connectivity index (χ0) is 10.6. The fraction of sp³-hybridized carbons (Fsp3) is 0.818. The molecule has 0 atom stereocenters. The lowest BCUT2D eigenvalue weighted by molar-refractivity contribution is -0.146. The first-order valence-electron chi connectivity index (χ1n) is 5.49. The Morgan fingerprint density at radius 1 is 1.21 bits per heavy atom. The summed E-state index contributed by atoms with van der Waals surface area (Å²) in [5.74, 6) is 0.0994. The molecule has 0 spiro atoms. The van der Waals surface area contributed by atoms with Crippen LogP contribution < -0.4 is 5.32 Å². The standard InChI is InChI=1S/C11H19NO2/c1-3-6-11(7-4-2)9(13)5-8-12-10(11)14/h3-8H2,1-2H3,(H,12,14). The predicted molar refractivity (Wildman–Crippen MR) is 54.9 cm³/mol. The van der Waals surface area contributed by atoms with E-state index in [9.17, 15) is 9.59 Å². The van der Waals surface area contributed by atoms with E-state index in [-0.39, 0.29) is 11.7 Å². The van der Waals surface area contributed by atoms with Crippen LogP contribution in [0.5, 0.6) is 0 Å². The molecule has 1 heterocycles. The molecule has 1 aliphatic heterocycles. The third kappa shape index (κ3) is 1.81. The Kier molecular flexibility index (Phi) is 3.67. The Morgan fingerprint density at radius 2 is 1.79 bits per heavy atom. The van der Waals surface area contributed by atoms with Gasteiger partial charge < -0.3 is 5.32 Å². The quantitative estimate of drug-likeness (QED) is 0.697. The molecule has 0 aromatic heterocycles. The first-order chi connectivity index (χ1) is 6.67. The Morgan fingerprint density at radius 3 is 2.21 bits per heavy atom. The largest absolute Gasteiger partial charge is 0.355 e. The number of ketones is 1. The van der Waals surface area contributed by atoms with Gasteiger partial charge in [0.2, 0.25) is 5.91 Å². The van der Waals surface area contributed by atoms with Gasteiger partial charge >= 0.3 is 0 Å². The number of carbonyl (C=O) groups excluding carboxylic acids is 2. The van der Waals surface area contributed by atoms with E-state index < -0.39 is 5.41 Å². The molecule has 0 saturated carbocycles. The minimum Gasteiger partial charge on any atom is -0.355 e. The highest BCUT2D eigenvalue weighted by atomic mass is 16.2. The summed E-state index contributed by atoms with van der Waals surface area (Å²) in [5, 5.41) is 2.81. The maximum absolute atomic E-state index is 11.8. The van der Waals surface area contributed by atoms with Crippen LogP contribution >= 0.6 is 0 Å². The van der Waals surface area contributed by atoms with Gasteiger partial charge in [0, 0.05) is 13.0 Å². The van der Waals surface area contributed by atoms with Crippen molar-refractivity contribution >= 4 is 11.7 Å². The van der Waals surface area contributed by atoms with Gasteiger partial charge in [0.05, 0.1) is 0 Å². The molecule has 80 valence electrons. The van der Waals surface area contributed by atoms with Crippen LogP contribution in [0.1, 0.15) is 46.0 Å². The van der Waals surface area contributed by atoms with Gasteiger partial charge in [0.15, 0.2) is 0 Å². The summed E-state index contributed by atoms with van der Waals surface area (Å²) in [6, 6.07) is 0. The van der Waals surface area contributed by atoms with Crippen LogP contribution in [-0.4, -0.2) is 18.2 Å². The van der Waals surface area contributed by atoms with Gasteiger partial charge in [-0.1, -0.05) is 26.7 Å². The summed E-state index contributed by atoms with van der Waals surface area (Å²) in [5.41, 5.74) is -0.693. The van der Waals surface area contributed by atoms with E-state index in [1.165, 1.54) is 0 Å². The Bertz CT molecular complexity index is 211. The lowest BCUT2D eigenvalue weighted by Gasteiger charge is -2.34. The second-order valence-corrected chi connectivity index (χ2v) is 4.01. The van der Waals surface area contributed by atoms with Crippen molar-refractivity contribution in [1.82, 2.24) is 5.32 Å². The lowest BCUT2D eigenvalue weighted by atomic mass is 9.72. The van der Waals surface area contributed by atoms with Crippen molar-refractivity contribution in [3.05, 3.63) is 0 Å². The number of hydrogen-bond acceptors (Lipinski definition) is 2. The number of piperidine rings is 1. The smallest absolute Gasteiger partial charge is 0.233 e. The lowest BCUT2D eigenvalue weighted by Crippen LogP contribution is -2.52. The highest BCUT2D eigenvalue weighted by molar-refractivity contribution is 6.07. The van der Waals surface area contributed by atoms with Crippen LogP contribution in [0.3, 0.4) is 0 Å². The first-order valence-corrected chi connectivity index (χ1v) is 5.49. The van der Waals surface area contributed by atoms with Crippen LogP contribution in [0.25, 0.3) is 0 Å². The molecule has 0 bridgehead atoms. The van der Waals surface area contributed by atoms with E-state index >= 15 is 0 Å². The average Bonchev–Trinajstić information content (AvgIpc) is 2.15. The molecular weight excluding hydrogens is 178 g/mol. The van der Waals surface area contributed by atoms with Crippen LogP contribution in [0.15, 0.2) is 0 Å². The highest BCUT2D eigenvalue weighted by Gasteiger charge is 2.45. The third-order valence-corrected chi connectivity index (χ3v) is 2.96. The summed E-state index contributed by atoms with van der Waals surface area (Å²) in [4.78, 5) is 23.6. The maximum Gasteiger partial charge on any atom is 0.233 e. The molecule has 1 amide bonds. The highest BCUT2D eigenvalue weighted by Crippen LogP contribution is 2.34. The second kappa shape index (κ2) is 4.58. The number of amides is 1. The second-order valence-electron chi connectivity index (χ2n) is 4.01. The van der Waals surface area contributed by atoms with E-state index in [1.807, 2.05) is 13.8 Å². The molecule has 1 rings (SSSR count). The van der Waals surface area contributed by atoms with Gasteiger partial charge in [-0.3, -0.25) is 9.59 Å². The molecule has 1 aliphatic rings. The zero-order valence-corrected chi connectivity index (χ0v) is 9.06. The summed E-state index contributed by atoms with van der Waals surface area (Å²) in [6.45, 7) is 4.56. The Labute approximate surface area is 85.3 Å². The zero-order valence-electron chi connectivity index (χ0n) is 9.06. The molecule has 1 fully saturated rings. The van der Waals surface area contributed by atoms with Crippen LogP contribution in [0, 0.1) is 5.41 Å². The van der Waals surface area contributed by atoms with Crippen molar-refractivity contribution in [3.8, 4) is 0 Å². The van der Waals surface area contributed by atoms with Gasteiger partial charge in [-0.05, 0) is 12.8 Å². The molecule has 1 saturated heterocycles. The van der Waals surface area contributed by atoms with Gasteiger partial charge in [-0.2, -0.15) is 0 Å². The van der Waals surface area contributed by atoms with E-state index in [0.717, 1.165) is 12.8 Å². The molecule has 0 radical (unpaired) electrons. The summed E-state index contributed by atoms with van der Waals surface area (Å²) >= 11 is 0. The molecular formula is C11H19NO2. The minimum absolute atomic E-state index is 0.0440. The normalized spacial score (nSPS) is 20.7. The number of Topliss-reactive ketones (excluding diaryl/α,β-unsaturated/α-hetero) is 1. The summed E-state index contributed by atoms with van der Waals surface area (Å²) in [6.07, 6.45) is 3.68. The van der Waals surface area contributed by atoms with Crippen molar-refractivity contribution in [2.45, 2.75) is 46.0 Å². The molecule has 0 aliphatic carbocycles. The van der Waals surface area contributed by atoms with Gasteiger partial charge in [-0.15, -0.1) is 0 Å². The molecule has 1 N–H and O–H groups in total. The Balaban J connectivity index is 2.89. The number of nitrogens with one attached hydrogen (secondary N) is 1. The van der Waals surface area contributed by atoms with Crippen LogP contribution in [-0.2, 0) is 9.59 Å². The van der Waals surface area contributed by atoms with Gasteiger partial charge in [0.1, 0.15) is 11.2 Å². The van der Waals surface area contributed by atoms with Crippen molar-refractivity contribution in [1.29, 1.82) is 0 Å². The summed E-state index contributed by atoms with van der Waals surface area (Å²) < 4.78 is 0. The van der Waals surface area contributed by atoms with Crippen molar-refractivity contribution in [2.75, 3.05) is 6.54 Å². The van der Waals surface area contributed by atoms with Crippen molar-refractivity contribution in [3.63, 3.8) is 0 Å². The van der Waals surface area contributed by atoms with Crippen molar-refractivity contribution in [2.24, 2.45) is 5.41 Å². The number of rotatable bonds is 4. The van der Waals surface area contributed by atoms with E-state index in [2.05, 4.69) is 5.32 Å². The molecule has 3 nitrogen and oxygen atoms in total. The van der Waals surface area contributed by atoms with Gasteiger partial charge in [0.25, 0.3) is 0 Å². The first kappa shape index (κ1) is 11.2. The van der Waals surface area contributed by atoms with Gasteiger partial charge in [-0.25, -0.2) is 0 Å². The molecule has 0 aromatic rings. The fourth-order valence-corrected chi connectivity index (χ4v) is 2.31. The molecule has 0 aromatic carbocycles. The van der Waals surface area contributed by atoms with Crippen LogP contribution in [0.4, 0.5) is 0 Å². The topological polar surface area (TPSA) is 46.2 Å². The number of hydrogen-bond donors (Lipinski definition) is 1. The Hall–Kier alpha value is -0.860. The predicted octanol–water partition coefficient (Wildman–Crippen LogP) is 1.66. The molecule has 14 heavy (non-hydrogen) atoms. The minimum atomic E-state index is -0.693. The molecule has 3 heteroatoms. The molecule has 0 unspecified atom stereocenters. The average molecular weight is 197 g/mol.